The number of hydrogen-bond donors (Lipinski definition) is 0. The Bertz CT molecular complexity index is 1060. The smallest absolute Gasteiger partial charge is 0.113 e. The standard InChI is InChI=1S/C22H20ClN3/c1-14-12-15(2)21(16(3)13-14)22(17-8-10-18(23)11-9-17)26-20-7-5-4-6-19(20)24-25-26/h4-13,22H,1-3H3. The second-order valence-corrected chi connectivity index (χ2v) is 7.23. The van der Waals surface area contributed by atoms with Crippen molar-refractivity contribution < 1.29 is 0 Å². The van der Waals surface area contributed by atoms with E-state index in [-0.39, 0.29) is 6.04 Å². The van der Waals surface area contributed by atoms with Gasteiger partial charge in [0.25, 0.3) is 0 Å². The van der Waals surface area contributed by atoms with Crippen LogP contribution in [0, 0.1) is 20.8 Å². The largest absolute Gasteiger partial charge is 0.233 e. The molecule has 0 aliphatic heterocycles. The summed E-state index contributed by atoms with van der Waals surface area (Å²) in [6.07, 6.45) is 0. The number of fused-ring (bicyclic) bond motifs is 1. The van der Waals surface area contributed by atoms with Crippen LogP contribution in [-0.4, -0.2) is 15.0 Å². The van der Waals surface area contributed by atoms with Crippen LogP contribution in [0.1, 0.15) is 33.9 Å². The van der Waals surface area contributed by atoms with E-state index < -0.39 is 0 Å². The number of nitrogens with zero attached hydrogens (tertiary/aromatic N) is 3. The molecule has 1 aromatic heterocycles. The normalized spacial score (nSPS) is 12.5. The molecule has 0 aliphatic rings. The minimum atomic E-state index is -0.0553. The van der Waals surface area contributed by atoms with Crippen molar-refractivity contribution in [1.82, 2.24) is 15.0 Å². The van der Waals surface area contributed by atoms with E-state index in [9.17, 15) is 0 Å². The number of aromatic nitrogens is 3. The zero-order chi connectivity index (χ0) is 18.3. The van der Waals surface area contributed by atoms with Crippen molar-refractivity contribution in [3.63, 3.8) is 0 Å². The molecule has 4 aromatic rings. The summed E-state index contributed by atoms with van der Waals surface area (Å²) in [5.41, 5.74) is 8.08. The number of benzene rings is 3. The van der Waals surface area contributed by atoms with Crippen LogP contribution < -0.4 is 0 Å². The van der Waals surface area contributed by atoms with Gasteiger partial charge in [-0.3, -0.25) is 0 Å². The van der Waals surface area contributed by atoms with Crippen molar-refractivity contribution in [3.8, 4) is 0 Å². The number of hydrogen-bond acceptors (Lipinski definition) is 2. The van der Waals surface area contributed by atoms with Crippen molar-refractivity contribution >= 4 is 22.6 Å². The second-order valence-electron chi connectivity index (χ2n) is 6.79. The van der Waals surface area contributed by atoms with Gasteiger partial charge in [-0.25, -0.2) is 4.68 Å². The molecule has 1 heterocycles. The van der Waals surface area contributed by atoms with Gasteiger partial charge in [-0.05, 0) is 67.3 Å². The number of rotatable bonds is 3. The van der Waals surface area contributed by atoms with E-state index in [4.69, 9.17) is 11.6 Å². The summed E-state index contributed by atoms with van der Waals surface area (Å²) < 4.78 is 2.02. The molecule has 0 N–H and O–H groups in total. The molecule has 4 heteroatoms. The van der Waals surface area contributed by atoms with Gasteiger partial charge in [-0.1, -0.05) is 58.8 Å². The molecule has 1 atom stereocenters. The van der Waals surface area contributed by atoms with Crippen molar-refractivity contribution in [2.75, 3.05) is 0 Å². The molecule has 0 saturated heterocycles. The Kier molecular flexibility index (Phi) is 4.25. The van der Waals surface area contributed by atoms with E-state index in [2.05, 4.69) is 61.4 Å². The van der Waals surface area contributed by atoms with E-state index >= 15 is 0 Å². The van der Waals surface area contributed by atoms with E-state index in [0.717, 1.165) is 21.6 Å². The highest BCUT2D eigenvalue weighted by molar-refractivity contribution is 6.30. The summed E-state index contributed by atoms with van der Waals surface area (Å²) in [7, 11) is 0. The summed E-state index contributed by atoms with van der Waals surface area (Å²) in [5.74, 6) is 0. The zero-order valence-corrected chi connectivity index (χ0v) is 15.8. The molecule has 130 valence electrons. The second kappa shape index (κ2) is 6.58. The molecule has 0 amide bonds. The average Bonchev–Trinajstić information content (AvgIpc) is 3.03. The molecule has 3 aromatic carbocycles. The lowest BCUT2D eigenvalue weighted by atomic mass is 9.90. The van der Waals surface area contributed by atoms with Crippen LogP contribution in [0.3, 0.4) is 0 Å². The molecule has 0 fully saturated rings. The van der Waals surface area contributed by atoms with Crippen LogP contribution in [0.2, 0.25) is 5.02 Å². The summed E-state index contributed by atoms with van der Waals surface area (Å²) in [5, 5.41) is 9.61. The van der Waals surface area contributed by atoms with Gasteiger partial charge in [-0.15, -0.1) is 5.10 Å². The Labute approximate surface area is 158 Å². The summed E-state index contributed by atoms with van der Waals surface area (Å²) in [4.78, 5) is 0. The van der Waals surface area contributed by atoms with E-state index in [1.54, 1.807) is 0 Å². The van der Waals surface area contributed by atoms with Gasteiger partial charge in [-0.2, -0.15) is 0 Å². The first kappa shape index (κ1) is 16.8. The number of halogens is 1. The lowest BCUT2D eigenvalue weighted by Crippen LogP contribution is -2.16. The molecular weight excluding hydrogens is 342 g/mol. The molecule has 3 nitrogen and oxygen atoms in total. The van der Waals surface area contributed by atoms with E-state index in [1.807, 2.05) is 35.0 Å². The van der Waals surface area contributed by atoms with Gasteiger partial charge in [0, 0.05) is 5.02 Å². The fraction of sp³-hybridized carbons (Fsp3) is 0.182. The van der Waals surface area contributed by atoms with Crippen LogP contribution in [0.5, 0.6) is 0 Å². The molecule has 0 radical (unpaired) electrons. The highest BCUT2D eigenvalue weighted by Crippen LogP contribution is 2.34. The molecule has 0 aliphatic carbocycles. The topological polar surface area (TPSA) is 30.7 Å². The third-order valence-corrected chi connectivity index (χ3v) is 5.07. The average molecular weight is 362 g/mol. The molecule has 0 saturated carbocycles. The lowest BCUT2D eigenvalue weighted by Gasteiger charge is -2.23. The van der Waals surface area contributed by atoms with Gasteiger partial charge in [0.15, 0.2) is 0 Å². The van der Waals surface area contributed by atoms with Crippen LogP contribution in [0.4, 0.5) is 0 Å². The van der Waals surface area contributed by atoms with Gasteiger partial charge in [0.05, 0.1) is 5.52 Å². The van der Waals surface area contributed by atoms with Gasteiger partial charge in [0.1, 0.15) is 11.6 Å². The first-order valence-corrected chi connectivity index (χ1v) is 9.05. The molecule has 1 unspecified atom stereocenters. The van der Waals surface area contributed by atoms with E-state index in [0.29, 0.717) is 0 Å². The van der Waals surface area contributed by atoms with Crippen molar-refractivity contribution in [2.24, 2.45) is 0 Å². The van der Waals surface area contributed by atoms with E-state index in [1.165, 1.54) is 22.3 Å². The van der Waals surface area contributed by atoms with Gasteiger partial charge in [0.2, 0.25) is 0 Å². The maximum atomic E-state index is 6.13. The zero-order valence-electron chi connectivity index (χ0n) is 15.1. The maximum absolute atomic E-state index is 6.13. The van der Waals surface area contributed by atoms with Crippen molar-refractivity contribution in [1.29, 1.82) is 0 Å². The monoisotopic (exact) mass is 361 g/mol. The Balaban J connectivity index is 2.01. The van der Waals surface area contributed by atoms with Crippen LogP contribution >= 0.6 is 11.6 Å². The highest BCUT2D eigenvalue weighted by atomic mass is 35.5. The lowest BCUT2D eigenvalue weighted by molar-refractivity contribution is 0.584. The first-order valence-electron chi connectivity index (χ1n) is 8.68. The minimum absolute atomic E-state index is 0.0553. The summed E-state index contributed by atoms with van der Waals surface area (Å²) in [6.45, 7) is 6.46. The molecule has 4 rings (SSSR count). The van der Waals surface area contributed by atoms with Crippen molar-refractivity contribution in [3.05, 3.63) is 93.5 Å². The van der Waals surface area contributed by atoms with Gasteiger partial charge >= 0.3 is 0 Å². The Hall–Kier alpha value is -2.65. The Morgan fingerprint density at radius 2 is 1.54 bits per heavy atom. The Morgan fingerprint density at radius 3 is 2.23 bits per heavy atom. The Morgan fingerprint density at radius 1 is 0.885 bits per heavy atom. The minimum Gasteiger partial charge on any atom is -0.233 e. The highest BCUT2D eigenvalue weighted by Gasteiger charge is 2.23. The van der Waals surface area contributed by atoms with Crippen LogP contribution in [0.25, 0.3) is 11.0 Å². The molecule has 0 bridgehead atoms. The van der Waals surface area contributed by atoms with Crippen LogP contribution in [-0.2, 0) is 0 Å². The summed E-state index contributed by atoms with van der Waals surface area (Å²) >= 11 is 6.13. The fourth-order valence-electron chi connectivity index (χ4n) is 3.78. The van der Waals surface area contributed by atoms with Gasteiger partial charge < -0.3 is 0 Å². The predicted octanol–water partition coefficient (Wildman–Crippen LogP) is 5.65. The molecule has 0 spiro atoms. The number of aryl methyl sites for hydroxylation is 3. The maximum Gasteiger partial charge on any atom is 0.113 e. The predicted molar refractivity (Wildman–Crippen MR) is 107 cm³/mol. The first-order chi connectivity index (χ1) is 12.5. The van der Waals surface area contributed by atoms with Crippen LogP contribution in [0.15, 0.2) is 60.7 Å². The molecule has 26 heavy (non-hydrogen) atoms. The SMILES string of the molecule is Cc1cc(C)c(C(c2ccc(Cl)cc2)n2nnc3ccccc32)c(C)c1. The molecular formula is C22H20ClN3. The third-order valence-electron chi connectivity index (χ3n) is 4.82. The quantitative estimate of drug-likeness (QED) is 0.472. The summed E-state index contributed by atoms with van der Waals surface area (Å²) in [6, 6.07) is 20.5. The van der Waals surface area contributed by atoms with Crippen molar-refractivity contribution in [2.45, 2.75) is 26.8 Å². The number of para-hydroxylation sites is 1. The fourth-order valence-corrected chi connectivity index (χ4v) is 3.90. The third kappa shape index (κ3) is 2.89.